The van der Waals surface area contributed by atoms with Crippen molar-refractivity contribution < 1.29 is 19.1 Å². The molecule has 1 unspecified atom stereocenters. The zero-order valence-electron chi connectivity index (χ0n) is 17.1. The fourth-order valence-corrected chi connectivity index (χ4v) is 6.95. The average molecular weight is 385 g/mol. The van der Waals surface area contributed by atoms with Crippen LogP contribution in [0.25, 0.3) is 0 Å². The summed E-state index contributed by atoms with van der Waals surface area (Å²) in [4.78, 5) is 26.1. The molecule has 0 aliphatic heterocycles. The van der Waals surface area contributed by atoms with Crippen molar-refractivity contribution in [2.75, 3.05) is 13.2 Å². The number of benzene rings is 1. The van der Waals surface area contributed by atoms with E-state index in [0.717, 1.165) is 42.6 Å². The van der Waals surface area contributed by atoms with Crippen molar-refractivity contribution in [2.45, 2.75) is 58.3 Å². The number of esters is 2. The molecule has 4 fully saturated rings. The van der Waals surface area contributed by atoms with Crippen molar-refractivity contribution in [3.63, 3.8) is 0 Å². The lowest BCUT2D eigenvalue weighted by Crippen LogP contribution is -2.52. The number of ether oxygens (including phenoxy) is 2. The zero-order valence-corrected chi connectivity index (χ0v) is 17.1. The van der Waals surface area contributed by atoms with Gasteiger partial charge in [0, 0.05) is 5.92 Å². The van der Waals surface area contributed by atoms with E-state index < -0.39 is 17.9 Å². The fourth-order valence-electron chi connectivity index (χ4n) is 6.95. The second-order valence-corrected chi connectivity index (χ2v) is 9.15. The van der Waals surface area contributed by atoms with E-state index in [2.05, 4.69) is 12.1 Å². The third-order valence-corrected chi connectivity index (χ3v) is 7.32. The van der Waals surface area contributed by atoms with Crippen LogP contribution in [0, 0.1) is 29.1 Å². The highest BCUT2D eigenvalue weighted by Gasteiger charge is 2.58. The predicted molar refractivity (Wildman–Crippen MR) is 107 cm³/mol. The van der Waals surface area contributed by atoms with Gasteiger partial charge in [-0.15, -0.1) is 0 Å². The first kappa shape index (κ1) is 19.5. The van der Waals surface area contributed by atoms with Crippen LogP contribution < -0.4 is 0 Å². The summed E-state index contributed by atoms with van der Waals surface area (Å²) < 4.78 is 10.8. The standard InChI is InChI=1S/C24H32O4/c1-3-27-22(25)20(23(26)28-4-2)21(19-8-6-5-7-9-19)24-13-16-10-17(14-24)12-18(11-16)15-24/h5-9,16-18,20-21H,3-4,10-15H2,1-2H3. The van der Waals surface area contributed by atoms with E-state index in [0.29, 0.717) is 0 Å². The van der Waals surface area contributed by atoms with Crippen LogP contribution in [-0.2, 0) is 19.1 Å². The third kappa shape index (κ3) is 3.46. The Morgan fingerprint density at radius 3 is 1.79 bits per heavy atom. The van der Waals surface area contributed by atoms with Crippen LogP contribution in [0.2, 0.25) is 0 Å². The van der Waals surface area contributed by atoms with E-state index in [1.807, 2.05) is 18.2 Å². The maximum Gasteiger partial charge on any atom is 0.320 e. The molecule has 4 bridgehead atoms. The van der Waals surface area contributed by atoms with Crippen LogP contribution in [0.5, 0.6) is 0 Å². The quantitative estimate of drug-likeness (QED) is 0.504. The number of carbonyl (C=O) groups excluding carboxylic acids is 2. The molecule has 0 amide bonds. The Bertz CT molecular complexity index is 657. The monoisotopic (exact) mass is 384 g/mol. The van der Waals surface area contributed by atoms with Crippen LogP contribution in [0.4, 0.5) is 0 Å². The molecule has 0 aromatic heterocycles. The van der Waals surface area contributed by atoms with Gasteiger partial charge in [-0.25, -0.2) is 0 Å². The van der Waals surface area contributed by atoms with Gasteiger partial charge in [0.05, 0.1) is 13.2 Å². The Kier molecular flexibility index (Phi) is 5.48. The number of rotatable bonds is 7. The minimum atomic E-state index is -0.876. The van der Waals surface area contributed by atoms with Gasteiger partial charge in [0.15, 0.2) is 5.92 Å². The summed E-state index contributed by atoms with van der Waals surface area (Å²) in [6.07, 6.45) is 7.33. The first-order chi connectivity index (χ1) is 13.6. The molecule has 4 aliphatic rings. The van der Waals surface area contributed by atoms with E-state index in [-0.39, 0.29) is 24.5 Å². The summed E-state index contributed by atoms with van der Waals surface area (Å²) in [7, 11) is 0. The van der Waals surface area contributed by atoms with Crippen molar-refractivity contribution in [1.82, 2.24) is 0 Å². The van der Waals surface area contributed by atoms with Gasteiger partial charge in [0.2, 0.25) is 0 Å². The van der Waals surface area contributed by atoms with Crippen LogP contribution in [-0.4, -0.2) is 25.2 Å². The topological polar surface area (TPSA) is 52.6 Å². The minimum absolute atomic E-state index is 0.000291. The van der Waals surface area contributed by atoms with Gasteiger partial charge in [0.25, 0.3) is 0 Å². The van der Waals surface area contributed by atoms with E-state index in [4.69, 9.17) is 9.47 Å². The Morgan fingerprint density at radius 1 is 0.893 bits per heavy atom. The number of hydrogen-bond acceptors (Lipinski definition) is 4. The predicted octanol–water partition coefficient (Wildman–Crippen LogP) is 4.73. The first-order valence-corrected chi connectivity index (χ1v) is 10.9. The Morgan fingerprint density at radius 2 is 1.36 bits per heavy atom. The summed E-state index contributed by atoms with van der Waals surface area (Å²) in [5.41, 5.74) is 1.08. The molecule has 152 valence electrons. The molecule has 4 nitrogen and oxygen atoms in total. The average Bonchev–Trinajstić information content (AvgIpc) is 2.65. The van der Waals surface area contributed by atoms with Gasteiger partial charge >= 0.3 is 11.9 Å². The van der Waals surface area contributed by atoms with Crippen molar-refractivity contribution in [2.24, 2.45) is 29.1 Å². The van der Waals surface area contributed by atoms with Crippen LogP contribution in [0.1, 0.15) is 63.9 Å². The molecule has 4 aliphatic carbocycles. The van der Waals surface area contributed by atoms with E-state index in [9.17, 15) is 9.59 Å². The van der Waals surface area contributed by atoms with Gasteiger partial charge in [0.1, 0.15) is 0 Å². The largest absolute Gasteiger partial charge is 0.465 e. The van der Waals surface area contributed by atoms with Crippen molar-refractivity contribution in [1.29, 1.82) is 0 Å². The molecule has 28 heavy (non-hydrogen) atoms. The van der Waals surface area contributed by atoms with E-state index in [1.54, 1.807) is 13.8 Å². The molecule has 4 heteroatoms. The molecular formula is C24H32O4. The Labute approximate surface area is 168 Å². The molecule has 0 N–H and O–H groups in total. The van der Waals surface area contributed by atoms with Crippen molar-refractivity contribution in [3.05, 3.63) is 35.9 Å². The second-order valence-electron chi connectivity index (χ2n) is 9.15. The molecule has 0 heterocycles. The molecule has 0 radical (unpaired) electrons. The molecule has 1 aromatic carbocycles. The number of hydrogen-bond donors (Lipinski definition) is 0. The summed E-state index contributed by atoms with van der Waals surface area (Å²) in [6, 6.07) is 10.2. The minimum Gasteiger partial charge on any atom is -0.465 e. The second kappa shape index (κ2) is 7.88. The molecule has 0 spiro atoms. The molecule has 5 rings (SSSR count). The van der Waals surface area contributed by atoms with Gasteiger partial charge in [-0.05, 0) is 81.1 Å². The summed E-state index contributed by atoms with van der Waals surface area (Å²) >= 11 is 0. The summed E-state index contributed by atoms with van der Waals surface area (Å²) in [6.45, 7) is 4.14. The maximum atomic E-state index is 13.0. The number of carbonyl (C=O) groups is 2. The van der Waals surface area contributed by atoms with Gasteiger partial charge in [-0.2, -0.15) is 0 Å². The molecule has 1 atom stereocenters. The molecule has 1 aromatic rings. The van der Waals surface area contributed by atoms with Gasteiger partial charge in [-0.3, -0.25) is 9.59 Å². The van der Waals surface area contributed by atoms with Gasteiger partial charge in [-0.1, -0.05) is 30.3 Å². The Balaban J connectivity index is 1.78. The van der Waals surface area contributed by atoms with Crippen molar-refractivity contribution >= 4 is 11.9 Å². The van der Waals surface area contributed by atoms with E-state index in [1.165, 1.54) is 19.3 Å². The molecule has 0 saturated heterocycles. The Hall–Kier alpha value is -1.84. The normalized spacial score (nSPS) is 31.6. The fraction of sp³-hybridized carbons (Fsp3) is 0.667. The highest BCUT2D eigenvalue weighted by molar-refractivity contribution is 5.96. The lowest BCUT2D eigenvalue weighted by molar-refractivity contribution is -0.169. The zero-order chi connectivity index (χ0) is 19.7. The molecule has 4 saturated carbocycles. The lowest BCUT2D eigenvalue weighted by atomic mass is 9.44. The van der Waals surface area contributed by atoms with Gasteiger partial charge < -0.3 is 9.47 Å². The van der Waals surface area contributed by atoms with Crippen LogP contribution in [0.3, 0.4) is 0 Å². The van der Waals surface area contributed by atoms with E-state index >= 15 is 0 Å². The molecular weight excluding hydrogens is 352 g/mol. The summed E-state index contributed by atoms with van der Waals surface area (Å²) in [5.74, 6) is 0.322. The lowest BCUT2D eigenvalue weighted by Gasteiger charge is -2.60. The summed E-state index contributed by atoms with van der Waals surface area (Å²) in [5, 5.41) is 0. The van der Waals surface area contributed by atoms with Crippen molar-refractivity contribution in [3.8, 4) is 0 Å². The third-order valence-electron chi connectivity index (χ3n) is 7.32. The van der Waals surface area contributed by atoms with Crippen LogP contribution >= 0.6 is 0 Å². The maximum absolute atomic E-state index is 13.0. The van der Waals surface area contributed by atoms with Crippen LogP contribution in [0.15, 0.2) is 30.3 Å². The smallest absolute Gasteiger partial charge is 0.320 e. The highest BCUT2D eigenvalue weighted by Crippen LogP contribution is 2.66. The SMILES string of the molecule is CCOC(=O)C(C(=O)OCC)C(c1ccccc1)C12CC3CC(CC(C3)C1)C2. The first-order valence-electron chi connectivity index (χ1n) is 10.9. The highest BCUT2D eigenvalue weighted by atomic mass is 16.6.